The molecular formula is C11H22O4. The van der Waals surface area contributed by atoms with Crippen molar-refractivity contribution in [3.05, 3.63) is 0 Å². The standard InChI is InChI=1S/C11H22O4/c1-6-8(12)10(14)9(13)7(15-6)5-11(2,3)4/h6-10,12-14H,5H2,1-4H3/t6?,7?,8?,9-,10-/m1/s1. The van der Waals surface area contributed by atoms with Gasteiger partial charge in [0.05, 0.1) is 12.2 Å². The Hall–Kier alpha value is -0.160. The van der Waals surface area contributed by atoms with E-state index in [1.807, 2.05) is 20.8 Å². The number of aliphatic hydroxyl groups excluding tert-OH is 3. The Morgan fingerprint density at radius 3 is 2.00 bits per heavy atom. The molecule has 0 aromatic heterocycles. The van der Waals surface area contributed by atoms with Crippen molar-refractivity contribution in [2.75, 3.05) is 0 Å². The van der Waals surface area contributed by atoms with Crippen LogP contribution in [0.4, 0.5) is 0 Å². The minimum Gasteiger partial charge on any atom is -0.388 e. The minimum absolute atomic E-state index is 0.0212. The first-order chi connectivity index (χ1) is 6.72. The summed E-state index contributed by atoms with van der Waals surface area (Å²) < 4.78 is 5.50. The van der Waals surface area contributed by atoms with Gasteiger partial charge in [0.25, 0.3) is 0 Å². The van der Waals surface area contributed by atoms with Gasteiger partial charge in [0.2, 0.25) is 0 Å². The fourth-order valence-corrected chi connectivity index (χ4v) is 1.91. The first kappa shape index (κ1) is 12.9. The molecule has 4 nitrogen and oxygen atoms in total. The van der Waals surface area contributed by atoms with Gasteiger partial charge in [-0.25, -0.2) is 0 Å². The smallest absolute Gasteiger partial charge is 0.111 e. The van der Waals surface area contributed by atoms with Crippen LogP contribution in [0.25, 0.3) is 0 Å². The maximum Gasteiger partial charge on any atom is 0.111 e. The van der Waals surface area contributed by atoms with Crippen molar-refractivity contribution in [2.45, 2.75) is 64.6 Å². The highest BCUT2D eigenvalue weighted by atomic mass is 16.5. The normalized spacial score (nSPS) is 43.0. The first-order valence-electron chi connectivity index (χ1n) is 5.42. The van der Waals surface area contributed by atoms with E-state index in [2.05, 4.69) is 0 Å². The molecule has 1 aliphatic heterocycles. The SMILES string of the molecule is CC1OC(CC(C)(C)C)[C@@H](O)[C@H](O)C1O. The number of ether oxygens (including phenoxy) is 1. The van der Waals surface area contributed by atoms with E-state index < -0.39 is 30.5 Å². The lowest BCUT2D eigenvalue weighted by Crippen LogP contribution is -2.57. The van der Waals surface area contributed by atoms with E-state index in [0.717, 1.165) is 0 Å². The Labute approximate surface area is 90.9 Å². The van der Waals surface area contributed by atoms with Crippen LogP contribution in [-0.4, -0.2) is 45.8 Å². The van der Waals surface area contributed by atoms with Crippen LogP contribution < -0.4 is 0 Å². The molecule has 15 heavy (non-hydrogen) atoms. The predicted molar refractivity (Wildman–Crippen MR) is 56.4 cm³/mol. The lowest BCUT2D eigenvalue weighted by Gasteiger charge is -2.41. The maximum atomic E-state index is 9.75. The summed E-state index contributed by atoms with van der Waals surface area (Å²) in [5.41, 5.74) is 0.0212. The monoisotopic (exact) mass is 218 g/mol. The molecule has 3 N–H and O–H groups in total. The maximum absolute atomic E-state index is 9.75. The topological polar surface area (TPSA) is 69.9 Å². The van der Waals surface area contributed by atoms with E-state index in [1.54, 1.807) is 6.92 Å². The Bertz CT molecular complexity index is 211. The molecule has 0 saturated carbocycles. The molecule has 0 amide bonds. The molecule has 0 aromatic rings. The molecule has 90 valence electrons. The highest BCUT2D eigenvalue weighted by molar-refractivity contribution is 4.91. The van der Waals surface area contributed by atoms with Gasteiger partial charge >= 0.3 is 0 Å². The summed E-state index contributed by atoms with van der Waals surface area (Å²) in [6, 6.07) is 0. The molecule has 0 spiro atoms. The van der Waals surface area contributed by atoms with Crippen LogP contribution in [0.5, 0.6) is 0 Å². The number of hydrogen-bond acceptors (Lipinski definition) is 4. The third-order valence-electron chi connectivity index (χ3n) is 2.76. The second kappa shape index (κ2) is 4.37. The first-order valence-corrected chi connectivity index (χ1v) is 5.42. The molecule has 0 radical (unpaired) electrons. The van der Waals surface area contributed by atoms with Crippen molar-refractivity contribution in [3.8, 4) is 0 Å². The van der Waals surface area contributed by atoms with Gasteiger partial charge < -0.3 is 20.1 Å². The number of hydrogen-bond donors (Lipinski definition) is 3. The third-order valence-corrected chi connectivity index (χ3v) is 2.76. The third kappa shape index (κ3) is 3.14. The molecule has 1 heterocycles. The molecule has 1 fully saturated rings. The molecule has 0 bridgehead atoms. The van der Waals surface area contributed by atoms with E-state index in [-0.39, 0.29) is 5.41 Å². The fraction of sp³-hybridized carbons (Fsp3) is 1.00. The molecular weight excluding hydrogens is 196 g/mol. The van der Waals surface area contributed by atoms with E-state index in [0.29, 0.717) is 6.42 Å². The predicted octanol–water partition coefficient (Wildman–Crippen LogP) is 0.293. The summed E-state index contributed by atoms with van der Waals surface area (Å²) in [7, 11) is 0. The van der Waals surface area contributed by atoms with Crippen LogP contribution in [0.2, 0.25) is 0 Å². The van der Waals surface area contributed by atoms with E-state index >= 15 is 0 Å². The van der Waals surface area contributed by atoms with E-state index in [4.69, 9.17) is 4.74 Å². The van der Waals surface area contributed by atoms with Gasteiger partial charge in [-0.05, 0) is 18.8 Å². The lowest BCUT2D eigenvalue weighted by molar-refractivity contribution is -0.222. The molecule has 1 saturated heterocycles. The van der Waals surface area contributed by atoms with Crippen molar-refractivity contribution in [1.82, 2.24) is 0 Å². The zero-order valence-electron chi connectivity index (χ0n) is 9.84. The van der Waals surface area contributed by atoms with E-state index in [9.17, 15) is 15.3 Å². The van der Waals surface area contributed by atoms with Crippen molar-refractivity contribution in [2.24, 2.45) is 5.41 Å². The highest BCUT2D eigenvalue weighted by Gasteiger charge is 2.42. The fourth-order valence-electron chi connectivity index (χ4n) is 1.91. The van der Waals surface area contributed by atoms with Crippen LogP contribution in [0, 0.1) is 5.41 Å². The molecule has 3 unspecified atom stereocenters. The molecule has 1 aliphatic rings. The van der Waals surface area contributed by atoms with Gasteiger partial charge in [0, 0.05) is 0 Å². The molecule has 5 atom stereocenters. The number of aliphatic hydroxyl groups is 3. The Morgan fingerprint density at radius 2 is 1.53 bits per heavy atom. The largest absolute Gasteiger partial charge is 0.388 e. The van der Waals surface area contributed by atoms with Gasteiger partial charge in [0.15, 0.2) is 0 Å². The summed E-state index contributed by atoms with van der Waals surface area (Å²) in [5.74, 6) is 0. The Kier molecular flexibility index (Phi) is 3.76. The average molecular weight is 218 g/mol. The van der Waals surface area contributed by atoms with Crippen LogP contribution in [-0.2, 0) is 4.74 Å². The molecule has 0 aromatic carbocycles. The summed E-state index contributed by atoms with van der Waals surface area (Å²) >= 11 is 0. The molecule has 4 heteroatoms. The lowest BCUT2D eigenvalue weighted by atomic mass is 9.84. The molecule has 0 aliphatic carbocycles. The Morgan fingerprint density at radius 1 is 1.00 bits per heavy atom. The summed E-state index contributed by atoms with van der Waals surface area (Å²) in [4.78, 5) is 0. The number of rotatable bonds is 1. The van der Waals surface area contributed by atoms with Crippen molar-refractivity contribution in [1.29, 1.82) is 0 Å². The van der Waals surface area contributed by atoms with Crippen molar-refractivity contribution >= 4 is 0 Å². The second-order valence-corrected chi connectivity index (χ2v) is 5.62. The zero-order chi connectivity index (χ0) is 11.8. The van der Waals surface area contributed by atoms with Gasteiger partial charge in [-0.15, -0.1) is 0 Å². The summed E-state index contributed by atoms with van der Waals surface area (Å²) in [5, 5.41) is 28.9. The summed E-state index contributed by atoms with van der Waals surface area (Å²) in [6.45, 7) is 7.84. The van der Waals surface area contributed by atoms with Crippen LogP contribution >= 0.6 is 0 Å². The summed E-state index contributed by atoms with van der Waals surface area (Å²) in [6.07, 6.45) is -3.30. The minimum atomic E-state index is -1.11. The van der Waals surface area contributed by atoms with Crippen molar-refractivity contribution < 1.29 is 20.1 Å². The van der Waals surface area contributed by atoms with Gasteiger partial charge in [-0.1, -0.05) is 20.8 Å². The van der Waals surface area contributed by atoms with Gasteiger partial charge in [-0.3, -0.25) is 0 Å². The van der Waals surface area contributed by atoms with Crippen LogP contribution in [0.1, 0.15) is 34.1 Å². The average Bonchev–Trinajstić information content (AvgIpc) is 2.08. The van der Waals surface area contributed by atoms with Crippen molar-refractivity contribution in [3.63, 3.8) is 0 Å². The Balaban J connectivity index is 2.67. The quantitative estimate of drug-likeness (QED) is 0.592. The van der Waals surface area contributed by atoms with Crippen LogP contribution in [0.15, 0.2) is 0 Å². The zero-order valence-corrected chi connectivity index (χ0v) is 9.84. The van der Waals surface area contributed by atoms with E-state index in [1.165, 1.54) is 0 Å². The van der Waals surface area contributed by atoms with Gasteiger partial charge in [0.1, 0.15) is 18.3 Å². The van der Waals surface area contributed by atoms with Crippen LogP contribution in [0.3, 0.4) is 0 Å². The second-order valence-electron chi connectivity index (χ2n) is 5.62. The molecule has 1 rings (SSSR count). The highest BCUT2D eigenvalue weighted by Crippen LogP contribution is 2.30. The van der Waals surface area contributed by atoms with Gasteiger partial charge in [-0.2, -0.15) is 0 Å².